The van der Waals surface area contributed by atoms with E-state index in [0.29, 0.717) is 11.3 Å². The minimum atomic E-state index is -0.245. The van der Waals surface area contributed by atoms with Gasteiger partial charge in [0.2, 0.25) is 5.95 Å². The smallest absolute Gasteiger partial charge is 0.276 e. The predicted molar refractivity (Wildman–Crippen MR) is 95.6 cm³/mol. The van der Waals surface area contributed by atoms with E-state index in [2.05, 4.69) is 21.4 Å². The molecule has 0 saturated carbocycles. The lowest BCUT2D eigenvalue weighted by atomic mass is 10.2. The van der Waals surface area contributed by atoms with Crippen LogP contribution in [0.4, 0.5) is 17.3 Å². The van der Waals surface area contributed by atoms with Crippen molar-refractivity contribution in [3.63, 3.8) is 0 Å². The molecule has 0 atom stereocenters. The third-order valence-corrected chi connectivity index (χ3v) is 3.62. The zero-order valence-corrected chi connectivity index (χ0v) is 13.5. The van der Waals surface area contributed by atoms with Gasteiger partial charge >= 0.3 is 0 Å². The van der Waals surface area contributed by atoms with E-state index in [4.69, 9.17) is 5.26 Å². The molecule has 0 bridgehead atoms. The van der Waals surface area contributed by atoms with Gasteiger partial charge in [0.05, 0.1) is 11.3 Å². The molecule has 0 aliphatic rings. The fraction of sp³-hybridized carbons (Fsp3) is 0.0526. The second-order valence-corrected chi connectivity index (χ2v) is 5.25. The quantitative estimate of drug-likeness (QED) is 0.793. The first-order valence-corrected chi connectivity index (χ1v) is 7.61. The molecule has 0 aliphatic carbocycles. The van der Waals surface area contributed by atoms with Crippen molar-refractivity contribution in [1.82, 2.24) is 9.97 Å². The Balaban J connectivity index is 1.84. The van der Waals surface area contributed by atoms with Crippen LogP contribution in [0.3, 0.4) is 0 Å². The number of hydrogen-bond acceptors (Lipinski definition) is 5. The lowest BCUT2D eigenvalue weighted by molar-refractivity contribution is 0.0988. The maximum absolute atomic E-state index is 12.6. The second-order valence-electron chi connectivity index (χ2n) is 5.25. The zero-order valence-electron chi connectivity index (χ0n) is 13.5. The van der Waals surface area contributed by atoms with Crippen molar-refractivity contribution in [2.75, 3.05) is 17.3 Å². The third kappa shape index (κ3) is 3.62. The highest BCUT2D eigenvalue weighted by molar-refractivity contribution is 6.04. The average molecular weight is 329 g/mol. The Hall–Kier alpha value is -3.72. The topological polar surface area (TPSA) is 81.9 Å². The van der Waals surface area contributed by atoms with Gasteiger partial charge < -0.3 is 10.2 Å². The van der Waals surface area contributed by atoms with Crippen molar-refractivity contribution < 1.29 is 4.79 Å². The van der Waals surface area contributed by atoms with Gasteiger partial charge in [0.15, 0.2) is 0 Å². The number of nitrogens with one attached hydrogen (secondary N) is 1. The molecule has 6 heteroatoms. The summed E-state index contributed by atoms with van der Waals surface area (Å²) in [5, 5.41) is 12.1. The summed E-state index contributed by atoms with van der Waals surface area (Å²) in [5.41, 5.74) is 2.10. The van der Waals surface area contributed by atoms with Crippen LogP contribution < -0.4 is 10.2 Å². The molecule has 0 spiro atoms. The molecule has 3 rings (SSSR count). The van der Waals surface area contributed by atoms with E-state index < -0.39 is 0 Å². The normalized spacial score (nSPS) is 9.92. The van der Waals surface area contributed by atoms with Crippen LogP contribution in [0.1, 0.15) is 16.1 Å². The molecule has 0 unspecified atom stereocenters. The number of hydrogen-bond donors (Lipinski definition) is 1. The van der Waals surface area contributed by atoms with Crippen molar-refractivity contribution in [3.8, 4) is 6.07 Å². The molecule has 0 radical (unpaired) electrons. The molecule has 25 heavy (non-hydrogen) atoms. The highest BCUT2D eigenvalue weighted by atomic mass is 16.2. The molecule has 1 aromatic heterocycles. The van der Waals surface area contributed by atoms with Gasteiger partial charge in [-0.3, -0.25) is 4.79 Å². The number of carbonyl (C=O) groups excluding carboxylic acids is 1. The van der Waals surface area contributed by atoms with Gasteiger partial charge in [0.1, 0.15) is 11.8 Å². The Labute approximate surface area is 145 Å². The van der Waals surface area contributed by atoms with E-state index in [0.717, 1.165) is 5.69 Å². The summed E-state index contributed by atoms with van der Waals surface area (Å²) in [7, 11) is 1.69. The summed E-state index contributed by atoms with van der Waals surface area (Å²) in [5.74, 6) is 0.0141. The van der Waals surface area contributed by atoms with Crippen molar-refractivity contribution >= 4 is 23.2 Å². The number of carbonyl (C=O) groups is 1. The fourth-order valence-electron chi connectivity index (χ4n) is 2.29. The van der Waals surface area contributed by atoms with Crippen LogP contribution in [-0.2, 0) is 0 Å². The SMILES string of the molecule is CN(C(=O)c1ccnc(Nc2ccccc2C#N)n1)c1ccccc1. The zero-order chi connectivity index (χ0) is 17.6. The number of nitrogens with zero attached hydrogens (tertiary/aromatic N) is 4. The lowest BCUT2D eigenvalue weighted by Crippen LogP contribution is -2.27. The minimum Gasteiger partial charge on any atom is -0.323 e. The Morgan fingerprint density at radius 1 is 1.08 bits per heavy atom. The largest absolute Gasteiger partial charge is 0.323 e. The highest BCUT2D eigenvalue weighted by Crippen LogP contribution is 2.18. The Bertz CT molecular complexity index is 934. The molecule has 6 nitrogen and oxygen atoms in total. The van der Waals surface area contributed by atoms with Gasteiger partial charge in [-0.1, -0.05) is 30.3 Å². The summed E-state index contributed by atoms with van der Waals surface area (Å²) >= 11 is 0. The Kier molecular flexibility index (Phi) is 4.67. The summed E-state index contributed by atoms with van der Waals surface area (Å²) in [6.45, 7) is 0. The van der Waals surface area contributed by atoms with E-state index in [9.17, 15) is 4.79 Å². The van der Waals surface area contributed by atoms with Gasteiger partial charge in [-0.2, -0.15) is 5.26 Å². The summed E-state index contributed by atoms with van der Waals surface area (Å²) in [6, 6.07) is 20.0. The number of aromatic nitrogens is 2. The van der Waals surface area contributed by atoms with Gasteiger partial charge in [0.25, 0.3) is 5.91 Å². The van der Waals surface area contributed by atoms with E-state index in [1.807, 2.05) is 30.3 Å². The third-order valence-electron chi connectivity index (χ3n) is 3.62. The monoisotopic (exact) mass is 329 g/mol. The summed E-state index contributed by atoms with van der Waals surface area (Å²) in [4.78, 5) is 22.5. The van der Waals surface area contributed by atoms with Crippen LogP contribution in [-0.4, -0.2) is 22.9 Å². The van der Waals surface area contributed by atoms with E-state index in [-0.39, 0.29) is 17.5 Å². The fourth-order valence-corrected chi connectivity index (χ4v) is 2.29. The first kappa shape index (κ1) is 16.1. The summed E-state index contributed by atoms with van der Waals surface area (Å²) in [6.07, 6.45) is 1.51. The van der Waals surface area contributed by atoms with Crippen LogP contribution in [0.5, 0.6) is 0 Å². The van der Waals surface area contributed by atoms with Crippen molar-refractivity contribution in [2.45, 2.75) is 0 Å². The number of anilines is 3. The van der Waals surface area contributed by atoms with Gasteiger partial charge in [0, 0.05) is 18.9 Å². The van der Waals surface area contributed by atoms with Crippen molar-refractivity contribution in [3.05, 3.63) is 78.1 Å². The Morgan fingerprint density at radius 3 is 2.56 bits per heavy atom. The first-order chi connectivity index (χ1) is 12.2. The van der Waals surface area contributed by atoms with Crippen molar-refractivity contribution in [2.24, 2.45) is 0 Å². The molecule has 1 heterocycles. The minimum absolute atomic E-state index is 0.245. The van der Waals surface area contributed by atoms with E-state index in [1.54, 1.807) is 37.4 Å². The highest BCUT2D eigenvalue weighted by Gasteiger charge is 2.15. The maximum Gasteiger partial charge on any atom is 0.276 e. The molecule has 1 N–H and O–H groups in total. The van der Waals surface area contributed by atoms with Crippen LogP contribution in [0.15, 0.2) is 66.9 Å². The van der Waals surface area contributed by atoms with Crippen LogP contribution in [0.25, 0.3) is 0 Å². The molecule has 3 aromatic rings. The number of benzene rings is 2. The molecule has 1 amide bonds. The molecular weight excluding hydrogens is 314 g/mol. The van der Waals surface area contributed by atoms with Crippen LogP contribution >= 0.6 is 0 Å². The molecule has 0 fully saturated rings. The number of amides is 1. The first-order valence-electron chi connectivity index (χ1n) is 7.61. The van der Waals surface area contributed by atoms with Gasteiger partial charge in [-0.05, 0) is 30.3 Å². The molecule has 0 aliphatic heterocycles. The second kappa shape index (κ2) is 7.23. The average Bonchev–Trinajstić information content (AvgIpc) is 2.68. The lowest BCUT2D eigenvalue weighted by Gasteiger charge is -2.17. The standard InChI is InChI=1S/C19H15N5O/c1-24(15-8-3-2-4-9-15)18(25)17-11-12-21-19(23-17)22-16-10-6-5-7-14(16)13-20/h2-12H,1H3,(H,21,22,23). The van der Waals surface area contributed by atoms with Crippen molar-refractivity contribution in [1.29, 1.82) is 5.26 Å². The Morgan fingerprint density at radius 2 is 1.80 bits per heavy atom. The van der Waals surface area contributed by atoms with Gasteiger partial charge in [-0.15, -0.1) is 0 Å². The molecule has 2 aromatic carbocycles. The van der Waals surface area contributed by atoms with Crippen LogP contribution in [0, 0.1) is 11.3 Å². The van der Waals surface area contributed by atoms with E-state index in [1.165, 1.54) is 11.1 Å². The van der Waals surface area contributed by atoms with E-state index >= 15 is 0 Å². The van der Waals surface area contributed by atoms with Crippen LogP contribution in [0.2, 0.25) is 0 Å². The molecular formula is C19H15N5O. The van der Waals surface area contributed by atoms with Gasteiger partial charge in [-0.25, -0.2) is 9.97 Å². The molecule has 122 valence electrons. The number of rotatable bonds is 4. The summed E-state index contributed by atoms with van der Waals surface area (Å²) < 4.78 is 0. The predicted octanol–water partition coefficient (Wildman–Crippen LogP) is 3.37. The number of para-hydroxylation sites is 2. The maximum atomic E-state index is 12.6. The number of nitriles is 1. The molecule has 0 saturated heterocycles.